The van der Waals surface area contributed by atoms with Crippen LogP contribution in [0.15, 0.2) is 17.0 Å². The maximum atomic E-state index is 11.5. The van der Waals surface area contributed by atoms with Gasteiger partial charge in [0.2, 0.25) is 5.91 Å². The molecule has 0 saturated heterocycles. The fraction of sp³-hybridized carbons (Fsp3) is 0.611. The van der Waals surface area contributed by atoms with Crippen LogP contribution >= 0.6 is 11.8 Å². The molecule has 0 bridgehead atoms. The molecule has 1 amide bonds. The summed E-state index contributed by atoms with van der Waals surface area (Å²) < 4.78 is 0. The monoisotopic (exact) mass is 323 g/mol. The van der Waals surface area contributed by atoms with Gasteiger partial charge in [0.25, 0.3) is 0 Å². The number of thioether (sulfide) groups is 1. The van der Waals surface area contributed by atoms with Gasteiger partial charge in [0.1, 0.15) is 5.75 Å². The van der Waals surface area contributed by atoms with Gasteiger partial charge in [0.15, 0.2) is 0 Å². The summed E-state index contributed by atoms with van der Waals surface area (Å²) in [5.74, 6) is 0.0617. The van der Waals surface area contributed by atoms with E-state index >= 15 is 0 Å². The third-order valence-corrected chi connectivity index (χ3v) is 5.02. The van der Waals surface area contributed by atoms with Crippen LogP contribution in [-0.4, -0.2) is 16.3 Å². The Labute approximate surface area is 138 Å². The third kappa shape index (κ3) is 4.42. The van der Waals surface area contributed by atoms with Crippen molar-refractivity contribution in [3.63, 3.8) is 0 Å². The maximum absolute atomic E-state index is 11.5. The molecule has 0 aliphatic carbocycles. The molecule has 1 unspecified atom stereocenters. The number of hydrogen-bond acceptors (Lipinski definition) is 3. The summed E-state index contributed by atoms with van der Waals surface area (Å²) in [5.41, 5.74) is 6.93. The van der Waals surface area contributed by atoms with E-state index in [-0.39, 0.29) is 22.0 Å². The first-order chi connectivity index (χ1) is 9.87. The lowest BCUT2D eigenvalue weighted by Crippen LogP contribution is -2.25. The molecule has 22 heavy (non-hydrogen) atoms. The van der Waals surface area contributed by atoms with Crippen molar-refractivity contribution >= 4 is 17.7 Å². The van der Waals surface area contributed by atoms with E-state index in [1.165, 1.54) is 11.8 Å². The van der Waals surface area contributed by atoms with Crippen molar-refractivity contribution in [3.8, 4) is 5.75 Å². The van der Waals surface area contributed by atoms with Crippen LogP contribution in [-0.2, 0) is 15.6 Å². The first-order valence-corrected chi connectivity index (χ1v) is 8.59. The third-order valence-electron chi connectivity index (χ3n) is 3.67. The number of carbonyl (C=O) groups is 1. The van der Waals surface area contributed by atoms with Crippen molar-refractivity contribution < 1.29 is 9.90 Å². The lowest BCUT2D eigenvalue weighted by Gasteiger charge is -2.28. The fourth-order valence-electron chi connectivity index (χ4n) is 2.33. The van der Waals surface area contributed by atoms with Gasteiger partial charge in [-0.2, -0.15) is 0 Å². The minimum Gasteiger partial charge on any atom is -0.507 e. The summed E-state index contributed by atoms with van der Waals surface area (Å²) in [7, 11) is 0. The lowest BCUT2D eigenvalue weighted by atomic mass is 9.79. The maximum Gasteiger partial charge on any atom is 0.230 e. The number of carbonyl (C=O) groups excluding carboxylic acids is 1. The van der Waals surface area contributed by atoms with E-state index in [9.17, 15) is 9.90 Å². The largest absolute Gasteiger partial charge is 0.507 e. The Bertz CT molecular complexity index is 518. The molecule has 1 aromatic carbocycles. The number of rotatable bonds is 4. The highest BCUT2D eigenvalue weighted by Crippen LogP contribution is 2.42. The standard InChI is InChI=1S/C18H29NO2S/c1-8-14(16(19)21)22-11-9-12(17(2,3)4)15(20)13(10-11)18(5,6)7/h9-10,14,20H,8H2,1-7H3,(H2,19,21). The molecule has 0 saturated carbocycles. The molecule has 0 fully saturated rings. The van der Waals surface area contributed by atoms with Gasteiger partial charge in [0.05, 0.1) is 5.25 Å². The quantitative estimate of drug-likeness (QED) is 0.810. The van der Waals surface area contributed by atoms with Gasteiger partial charge in [0, 0.05) is 16.0 Å². The van der Waals surface area contributed by atoms with E-state index in [1.807, 2.05) is 19.1 Å². The summed E-state index contributed by atoms with van der Waals surface area (Å²) in [5, 5.41) is 10.4. The van der Waals surface area contributed by atoms with Gasteiger partial charge in [-0.3, -0.25) is 4.79 Å². The molecule has 0 radical (unpaired) electrons. The molecule has 1 rings (SSSR count). The van der Waals surface area contributed by atoms with Crippen molar-refractivity contribution in [2.45, 2.75) is 75.9 Å². The average molecular weight is 324 g/mol. The molecule has 1 atom stereocenters. The Hall–Kier alpha value is -1.16. The molecule has 0 spiro atoms. The first kappa shape index (κ1) is 18.9. The number of amides is 1. The van der Waals surface area contributed by atoms with Gasteiger partial charge in [-0.05, 0) is 29.4 Å². The molecular formula is C18H29NO2S. The van der Waals surface area contributed by atoms with E-state index in [1.54, 1.807) is 0 Å². The van der Waals surface area contributed by atoms with Crippen LogP contribution in [0.2, 0.25) is 0 Å². The molecule has 0 aliphatic rings. The Balaban J connectivity index is 3.44. The smallest absolute Gasteiger partial charge is 0.230 e. The number of nitrogens with two attached hydrogens (primary N) is 1. The second-order valence-electron chi connectivity index (χ2n) is 7.78. The highest BCUT2D eigenvalue weighted by atomic mass is 32.2. The lowest BCUT2D eigenvalue weighted by molar-refractivity contribution is -0.117. The number of phenols is 1. The number of hydrogen-bond donors (Lipinski definition) is 2. The number of phenolic OH excluding ortho intramolecular Hbond substituents is 1. The van der Waals surface area contributed by atoms with E-state index in [2.05, 4.69) is 41.5 Å². The van der Waals surface area contributed by atoms with Crippen LogP contribution in [0.1, 0.15) is 66.0 Å². The molecule has 0 aliphatic heterocycles. The molecular weight excluding hydrogens is 294 g/mol. The van der Waals surface area contributed by atoms with E-state index in [0.717, 1.165) is 16.0 Å². The zero-order chi connectivity index (χ0) is 17.3. The molecule has 1 aromatic rings. The molecule has 0 aromatic heterocycles. The SMILES string of the molecule is CCC(Sc1cc(C(C)(C)C)c(O)c(C(C)(C)C)c1)C(N)=O. The molecule has 3 N–H and O–H groups in total. The highest BCUT2D eigenvalue weighted by Gasteiger charge is 2.27. The molecule has 3 nitrogen and oxygen atoms in total. The van der Waals surface area contributed by atoms with Crippen LogP contribution in [0.5, 0.6) is 5.75 Å². The zero-order valence-electron chi connectivity index (χ0n) is 14.8. The summed E-state index contributed by atoms with van der Waals surface area (Å²) >= 11 is 1.48. The average Bonchev–Trinajstić information content (AvgIpc) is 2.34. The summed E-state index contributed by atoms with van der Waals surface area (Å²) in [4.78, 5) is 12.5. The summed E-state index contributed by atoms with van der Waals surface area (Å²) in [6, 6.07) is 3.97. The van der Waals surface area contributed by atoms with E-state index in [4.69, 9.17) is 5.73 Å². The van der Waals surface area contributed by atoms with E-state index < -0.39 is 0 Å². The fourth-order valence-corrected chi connectivity index (χ4v) is 3.31. The predicted molar refractivity (Wildman–Crippen MR) is 94.6 cm³/mol. The molecule has 124 valence electrons. The van der Waals surface area contributed by atoms with Gasteiger partial charge in [-0.1, -0.05) is 48.5 Å². The Kier molecular flexibility index (Phi) is 5.61. The number of aromatic hydroxyl groups is 1. The van der Waals surface area contributed by atoms with Crippen molar-refractivity contribution in [1.82, 2.24) is 0 Å². The van der Waals surface area contributed by atoms with Gasteiger partial charge >= 0.3 is 0 Å². The number of primary amides is 1. The Morgan fingerprint density at radius 2 is 1.55 bits per heavy atom. The topological polar surface area (TPSA) is 63.3 Å². The van der Waals surface area contributed by atoms with Crippen molar-refractivity contribution in [3.05, 3.63) is 23.3 Å². The first-order valence-electron chi connectivity index (χ1n) is 7.71. The van der Waals surface area contributed by atoms with Gasteiger partial charge < -0.3 is 10.8 Å². The summed E-state index contributed by atoms with van der Waals surface area (Å²) in [6.45, 7) is 14.4. The van der Waals surface area contributed by atoms with Crippen LogP contribution in [0, 0.1) is 0 Å². The zero-order valence-corrected chi connectivity index (χ0v) is 15.6. The van der Waals surface area contributed by atoms with Gasteiger partial charge in [-0.25, -0.2) is 0 Å². The van der Waals surface area contributed by atoms with Crippen LogP contribution in [0.25, 0.3) is 0 Å². The number of benzene rings is 1. The minimum absolute atomic E-state index is 0.172. The molecule has 0 heterocycles. The van der Waals surface area contributed by atoms with Crippen LogP contribution < -0.4 is 5.73 Å². The Morgan fingerprint density at radius 3 is 1.82 bits per heavy atom. The minimum atomic E-state index is -0.296. The second-order valence-corrected chi connectivity index (χ2v) is 9.06. The highest BCUT2D eigenvalue weighted by molar-refractivity contribution is 8.00. The second kappa shape index (κ2) is 6.53. The van der Waals surface area contributed by atoms with Crippen molar-refractivity contribution in [2.75, 3.05) is 0 Å². The van der Waals surface area contributed by atoms with Gasteiger partial charge in [-0.15, -0.1) is 11.8 Å². The Morgan fingerprint density at radius 1 is 1.14 bits per heavy atom. The van der Waals surface area contributed by atoms with Crippen molar-refractivity contribution in [1.29, 1.82) is 0 Å². The normalized spacial score (nSPS) is 14.0. The van der Waals surface area contributed by atoms with E-state index in [0.29, 0.717) is 12.2 Å². The van der Waals surface area contributed by atoms with Crippen LogP contribution in [0.3, 0.4) is 0 Å². The summed E-state index contributed by atoms with van der Waals surface area (Å²) in [6.07, 6.45) is 0.691. The molecule has 4 heteroatoms. The predicted octanol–water partition coefficient (Wildman–Crippen LogP) is 4.34. The van der Waals surface area contributed by atoms with Crippen LogP contribution in [0.4, 0.5) is 0 Å². The van der Waals surface area contributed by atoms with Crippen molar-refractivity contribution in [2.24, 2.45) is 5.73 Å².